The molecular formula is C18H14BrNO3. The molecule has 0 unspecified atom stereocenters. The summed E-state index contributed by atoms with van der Waals surface area (Å²) in [5.41, 5.74) is 2.11. The number of pyridine rings is 1. The van der Waals surface area contributed by atoms with Gasteiger partial charge in [-0.1, -0.05) is 34.1 Å². The first-order valence-electron chi connectivity index (χ1n) is 7.06. The second kappa shape index (κ2) is 6.38. The third-order valence-electron chi connectivity index (χ3n) is 3.63. The standard InChI is InChI=1S/C18H14BrNO3/c1-11-14-4-2-3-5-15(14)20-16(17(11)18(21)22)10-23-13-8-6-12(19)7-9-13/h2-9H,10H2,1H3,(H,21,22). The van der Waals surface area contributed by atoms with Crippen molar-refractivity contribution in [3.8, 4) is 5.75 Å². The fourth-order valence-corrected chi connectivity index (χ4v) is 2.78. The number of carboxylic acids is 1. The lowest BCUT2D eigenvalue weighted by Gasteiger charge is -2.12. The lowest BCUT2D eigenvalue weighted by atomic mass is 10.0. The summed E-state index contributed by atoms with van der Waals surface area (Å²) >= 11 is 3.36. The van der Waals surface area contributed by atoms with Crippen molar-refractivity contribution in [1.82, 2.24) is 4.98 Å². The maximum absolute atomic E-state index is 11.6. The fourth-order valence-electron chi connectivity index (χ4n) is 2.51. The van der Waals surface area contributed by atoms with E-state index in [1.807, 2.05) is 48.5 Å². The van der Waals surface area contributed by atoms with E-state index in [4.69, 9.17) is 4.74 Å². The number of nitrogens with zero attached hydrogens (tertiary/aromatic N) is 1. The quantitative estimate of drug-likeness (QED) is 0.728. The highest BCUT2D eigenvalue weighted by Crippen LogP contribution is 2.24. The topological polar surface area (TPSA) is 59.4 Å². The number of para-hydroxylation sites is 1. The molecule has 23 heavy (non-hydrogen) atoms. The summed E-state index contributed by atoms with van der Waals surface area (Å²) in [5.74, 6) is -0.327. The zero-order valence-electron chi connectivity index (χ0n) is 12.4. The summed E-state index contributed by atoms with van der Waals surface area (Å²) in [4.78, 5) is 16.1. The van der Waals surface area contributed by atoms with Crippen molar-refractivity contribution in [3.05, 3.63) is 69.8 Å². The van der Waals surface area contributed by atoms with Crippen molar-refractivity contribution in [1.29, 1.82) is 0 Å². The number of fused-ring (bicyclic) bond motifs is 1. The molecule has 3 rings (SSSR count). The summed E-state index contributed by atoms with van der Waals surface area (Å²) in [6.45, 7) is 1.91. The van der Waals surface area contributed by atoms with Gasteiger partial charge in [0.1, 0.15) is 12.4 Å². The third kappa shape index (κ3) is 3.19. The van der Waals surface area contributed by atoms with E-state index in [1.54, 1.807) is 6.92 Å². The average molecular weight is 372 g/mol. The van der Waals surface area contributed by atoms with Gasteiger partial charge in [-0.05, 0) is 42.8 Å². The number of aromatic carboxylic acids is 1. The van der Waals surface area contributed by atoms with Crippen molar-refractivity contribution in [2.24, 2.45) is 0 Å². The van der Waals surface area contributed by atoms with Crippen LogP contribution >= 0.6 is 15.9 Å². The summed E-state index contributed by atoms with van der Waals surface area (Å²) in [5, 5.41) is 10.4. The third-order valence-corrected chi connectivity index (χ3v) is 4.16. The second-order valence-corrected chi connectivity index (χ2v) is 6.04. The van der Waals surface area contributed by atoms with Gasteiger partial charge in [-0.25, -0.2) is 9.78 Å². The molecule has 0 fully saturated rings. The number of aryl methyl sites for hydroxylation is 1. The minimum Gasteiger partial charge on any atom is -0.487 e. The number of carbonyl (C=O) groups is 1. The van der Waals surface area contributed by atoms with E-state index < -0.39 is 5.97 Å². The Kier molecular flexibility index (Phi) is 4.30. The molecule has 2 aromatic carbocycles. The maximum Gasteiger partial charge on any atom is 0.337 e. The van der Waals surface area contributed by atoms with Crippen molar-refractivity contribution in [2.45, 2.75) is 13.5 Å². The van der Waals surface area contributed by atoms with Crippen LogP contribution in [0, 0.1) is 6.92 Å². The van der Waals surface area contributed by atoms with Gasteiger partial charge >= 0.3 is 5.97 Å². The highest BCUT2D eigenvalue weighted by atomic mass is 79.9. The molecule has 0 aliphatic heterocycles. The largest absolute Gasteiger partial charge is 0.487 e. The molecule has 0 saturated carbocycles. The van der Waals surface area contributed by atoms with Crippen LogP contribution < -0.4 is 4.74 Å². The van der Waals surface area contributed by atoms with Crippen molar-refractivity contribution >= 4 is 32.8 Å². The van der Waals surface area contributed by atoms with E-state index in [0.29, 0.717) is 17.0 Å². The van der Waals surface area contributed by atoms with Crippen molar-refractivity contribution < 1.29 is 14.6 Å². The molecule has 0 aliphatic rings. The molecule has 0 amide bonds. The monoisotopic (exact) mass is 371 g/mol. The van der Waals surface area contributed by atoms with Gasteiger partial charge in [0.2, 0.25) is 0 Å². The van der Waals surface area contributed by atoms with Crippen molar-refractivity contribution in [2.75, 3.05) is 0 Å². The van der Waals surface area contributed by atoms with Crippen LogP contribution in [0.3, 0.4) is 0 Å². The molecule has 4 nitrogen and oxygen atoms in total. The zero-order chi connectivity index (χ0) is 16.4. The molecule has 0 bridgehead atoms. The zero-order valence-corrected chi connectivity index (χ0v) is 14.0. The summed E-state index contributed by atoms with van der Waals surface area (Å²) in [6, 6.07) is 14.9. The Morgan fingerprint density at radius 3 is 2.57 bits per heavy atom. The Hall–Kier alpha value is -2.40. The first-order chi connectivity index (χ1) is 11.1. The number of carboxylic acid groups (broad SMARTS) is 1. The SMILES string of the molecule is Cc1c(C(=O)O)c(COc2ccc(Br)cc2)nc2ccccc12. The van der Waals surface area contributed by atoms with E-state index in [0.717, 1.165) is 15.4 Å². The average Bonchev–Trinajstić information content (AvgIpc) is 2.54. The van der Waals surface area contributed by atoms with Crippen LogP contribution in [0.25, 0.3) is 10.9 Å². The number of rotatable bonds is 4. The van der Waals surface area contributed by atoms with Gasteiger partial charge in [0.05, 0.1) is 16.8 Å². The van der Waals surface area contributed by atoms with E-state index in [1.165, 1.54) is 0 Å². The van der Waals surface area contributed by atoms with Gasteiger partial charge in [-0.2, -0.15) is 0 Å². The van der Waals surface area contributed by atoms with E-state index in [9.17, 15) is 9.90 Å². The van der Waals surface area contributed by atoms with Crippen LogP contribution in [0.5, 0.6) is 5.75 Å². The first-order valence-corrected chi connectivity index (χ1v) is 7.85. The van der Waals surface area contributed by atoms with Gasteiger partial charge in [-0.3, -0.25) is 0 Å². The molecular weight excluding hydrogens is 358 g/mol. The number of aromatic nitrogens is 1. The molecule has 1 aromatic heterocycles. The molecule has 1 N–H and O–H groups in total. The summed E-state index contributed by atoms with van der Waals surface area (Å²) in [7, 11) is 0. The number of ether oxygens (including phenoxy) is 1. The van der Waals surface area contributed by atoms with Gasteiger partial charge in [0.15, 0.2) is 0 Å². The Balaban J connectivity index is 2.00. The number of hydrogen-bond donors (Lipinski definition) is 1. The summed E-state index contributed by atoms with van der Waals surface area (Å²) in [6.07, 6.45) is 0. The predicted molar refractivity (Wildman–Crippen MR) is 91.9 cm³/mol. The molecule has 116 valence electrons. The Bertz CT molecular complexity index is 875. The fraction of sp³-hybridized carbons (Fsp3) is 0.111. The molecule has 1 heterocycles. The van der Waals surface area contributed by atoms with E-state index in [2.05, 4.69) is 20.9 Å². The number of halogens is 1. The molecule has 0 saturated heterocycles. The molecule has 0 radical (unpaired) electrons. The Labute approximate surface area is 141 Å². The highest BCUT2D eigenvalue weighted by molar-refractivity contribution is 9.10. The minimum absolute atomic E-state index is 0.106. The lowest BCUT2D eigenvalue weighted by Crippen LogP contribution is -2.11. The van der Waals surface area contributed by atoms with Gasteiger partial charge < -0.3 is 9.84 Å². The van der Waals surface area contributed by atoms with Crippen LogP contribution in [-0.4, -0.2) is 16.1 Å². The number of benzene rings is 2. The first kappa shape index (κ1) is 15.5. The Morgan fingerprint density at radius 2 is 1.87 bits per heavy atom. The Morgan fingerprint density at radius 1 is 1.17 bits per heavy atom. The maximum atomic E-state index is 11.6. The minimum atomic E-state index is -0.991. The molecule has 5 heteroatoms. The van der Waals surface area contributed by atoms with Gasteiger partial charge in [-0.15, -0.1) is 0 Å². The van der Waals surface area contributed by atoms with Gasteiger partial charge in [0, 0.05) is 9.86 Å². The molecule has 0 atom stereocenters. The number of hydrogen-bond acceptors (Lipinski definition) is 3. The van der Waals surface area contributed by atoms with Crippen LogP contribution in [0.15, 0.2) is 53.0 Å². The smallest absolute Gasteiger partial charge is 0.337 e. The highest BCUT2D eigenvalue weighted by Gasteiger charge is 2.18. The van der Waals surface area contributed by atoms with E-state index in [-0.39, 0.29) is 12.2 Å². The van der Waals surface area contributed by atoms with Crippen LogP contribution in [0.1, 0.15) is 21.6 Å². The van der Waals surface area contributed by atoms with Crippen LogP contribution in [0.2, 0.25) is 0 Å². The lowest BCUT2D eigenvalue weighted by molar-refractivity contribution is 0.0692. The molecule has 0 spiro atoms. The van der Waals surface area contributed by atoms with E-state index >= 15 is 0 Å². The normalized spacial score (nSPS) is 10.7. The molecule has 0 aliphatic carbocycles. The van der Waals surface area contributed by atoms with Gasteiger partial charge in [0.25, 0.3) is 0 Å². The molecule has 3 aromatic rings. The van der Waals surface area contributed by atoms with Crippen LogP contribution in [0.4, 0.5) is 0 Å². The van der Waals surface area contributed by atoms with Crippen molar-refractivity contribution in [3.63, 3.8) is 0 Å². The predicted octanol–water partition coefficient (Wildman–Crippen LogP) is 4.58. The summed E-state index contributed by atoms with van der Waals surface area (Å²) < 4.78 is 6.65. The second-order valence-electron chi connectivity index (χ2n) is 5.12. The van der Waals surface area contributed by atoms with Crippen LogP contribution in [-0.2, 0) is 6.61 Å².